The molecular formula is C28H36N4O2. The molecule has 34 heavy (non-hydrogen) atoms. The molecule has 0 spiro atoms. The standard InChI is InChI=1S/C28H36N4O2/c1-28(2,3)22-7-6-8-23(19-22)31-20-29-32(21-31)26-11-12-27(25-10-5-4-9-24(25)26)34-18-15-30-13-16-33-17-14-30/h4-12,19,29H,13-18,20-21H2,1-3H3. The third-order valence-electron chi connectivity index (χ3n) is 6.76. The van der Waals surface area contributed by atoms with Crippen molar-refractivity contribution in [3.63, 3.8) is 0 Å². The van der Waals surface area contributed by atoms with E-state index in [-0.39, 0.29) is 5.41 Å². The zero-order valence-electron chi connectivity index (χ0n) is 20.6. The Morgan fingerprint density at radius 3 is 2.53 bits per heavy atom. The van der Waals surface area contributed by atoms with Crippen LogP contribution in [-0.4, -0.2) is 57.7 Å². The van der Waals surface area contributed by atoms with E-state index < -0.39 is 0 Å². The molecule has 3 aromatic carbocycles. The number of fused-ring (bicyclic) bond motifs is 1. The van der Waals surface area contributed by atoms with E-state index in [0.717, 1.165) is 57.3 Å². The Hall–Kier alpha value is -2.80. The second-order valence-corrected chi connectivity index (χ2v) is 10.2. The number of hydrazine groups is 1. The van der Waals surface area contributed by atoms with Gasteiger partial charge in [-0.25, -0.2) is 5.43 Å². The Bertz CT molecular complexity index is 1120. The largest absolute Gasteiger partial charge is 0.492 e. The SMILES string of the molecule is CC(C)(C)c1cccc(N2CNN(c3ccc(OCCN4CCOCC4)c4ccccc34)C2)c1. The van der Waals surface area contributed by atoms with E-state index in [2.05, 4.69) is 102 Å². The van der Waals surface area contributed by atoms with Crippen molar-refractivity contribution in [1.82, 2.24) is 10.3 Å². The van der Waals surface area contributed by atoms with Crippen LogP contribution in [0, 0.1) is 0 Å². The molecule has 0 atom stereocenters. The molecule has 2 fully saturated rings. The Kier molecular flexibility index (Phi) is 6.63. The van der Waals surface area contributed by atoms with Gasteiger partial charge in [0.2, 0.25) is 0 Å². The van der Waals surface area contributed by atoms with E-state index in [4.69, 9.17) is 9.47 Å². The third-order valence-corrected chi connectivity index (χ3v) is 6.76. The van der Waals surface area contributed by atoms with Gasteiger partial charge in [-0.15, -0.1) is 0 Å². The molecule has 2 aliphatic rings. The summed E-state index contributed by atoms with van der Waals surface area (Å²) in [5, 5.41) is 4.59. The second-order valence-electron chi connectivity index (χ2n) is 10.2. The molecule has 5 rings (SSSR count). The van der Waals surface area contributed by atoms with Crippen LogP contribution >= 0.6 is 0 Å². The maximum atomic E-state index is 6.24. The molecule has 0 aliphatic carbocycles. The summed E-state index contributed by atoms with van der Waals surface area (Å²) in [6.45, 7) is 13.6. The molecule has 0 unspecified atom stereocenters. The van der Waals surface area contributed by atoms with E-state index in [0.29, 0.717) is 6.61 Å². The first-order valence-corrected chi connectivity index (χ1v) is 12.3. The van der Waals surface area contributed by atoms with Crippen LogP contribution in [0.5, 0.6) is 5.75 Å². The van der Waals surface area contributed by atoms with E-state index in [9.17, 15) is 0 Å². The lowest BCUT2D eigenvalue weighted by Crippen LogP contribution is -2.38. The van der Waals surface area contributed by atoms with Crippen molar-refractivity contribution in [3.8, 4) is 5.75 Å². The van der Waals surface area contributed by atoms with Gasteiger partial charge in [0.05, 0.1) is 25.6 Å². The number of hydrogen-bond acceptors (Lipinski definition) is 6. The van der Waals surface area contributed by atoms with Gasteiger partial charge in [-0.2, -0.15) is 0 Å². The van der Waals surface area contributed by atoms with Crippen molar-refractivity contribution in [2.75, 3.05) is 62.7 Å². The van der Waals surface area contributed by atoms with Crippen LogP contribution in [0.3, 0.4) is 0 Å². The second kappa shape index (κ2) is 9.82. The highest BCUT2D eigenvalue weighted by Crippen LogP contribution is 2.35. The molecule has 3 aromatic rings. The zero-order chi connectivity index (χ0) is 23.5. The molecular weight excluding hydrogens is 424 g/mol. The summed E-state index contributed by atoms with van der Waals surface area (Å²) in [6.07, 6.45) is 0. The molecule has 0 amide bonds. The van der Waals surface area contributed by atoms with E-state index in [1.807, 2.05) is 0 Å². The normalized spacial score (nSPS) is 17.5. The highest BCUT2D eigenvalue weighted by atomic mass is 16.5. The minimum absolute atomic E-state index is 0.136. The van der Waals surface area contributed by atoms with Gasteiger partial charge in [0.1, 0.15) is 19.0 Å². The number of morpholine rings is 1. The average molecular weight is 461 g/mol. The van der Waals surface area contributed by atoms with Crippen LogP contribution in [-0.2, 0) is 10.2 Å². The summed E-state index contributed by atoms with van der Waals surface area (Å²) in [4.78, 5) is 4.77. The predicted octanol–water partition coefficient (Wildman–Crippen LogP) is 4.59. The highest BCUT2D eigenvalue weighted by Gasteiger charge is 2.23. The van der Waals surface area contributed by atoms with Gasteiger partial charge in [-0.1, -0.05) is 57.2 Å². The van der Waals surface area contributed by atoms with Crippen molar-refractivity contribution in [3.05, 3.63) is 66.2 Å². The van der Waals surface area contributed by atoms with Crippen molar-refractivity contribution < 1.29 is 9.47 Å². The highest BCUT2D eigenvalue weighted by molar-refractivity contribution is 5.98. The summed E-state index contributed by atoms with van der Waals surface area (Å²) in [5.74, 6) is 0.946. The number of anilines is 2. The first-order chi connectivity index (χ1) is 16.5. The van der Waals surface area contributed by atoms with E-state index >= 15 is 0 Å². The molecule has 6 heteroatoms. The molecule has 2 heterocycles. The summed E-state index contributed by atoms with van der Waals surface area (Å²) in [5.41, 5.74) is 7.48. The fourth-order valence-electron chi connectivity index (χ4n) is 4.67. The van der Waals surface area contributed by atoms with Crippen LogP contribution < -0.4 is 20.1 Å². The number of nitrogens with one attached hydrogen (secondary N) is 1. The minimum Gasteiger partial charge on any atom is -0.492 e. The number of rotatable bonds is 6. The zero-order valence-corrected chi connectivity index (χ0v) is 20.6. The Balaban J connectivity index is 1.31. The molecule has 180 valence electrons. The first kappa shape index (κ1) is 23.0. The van der Waals surface area contributed by atoms with Gasteiger partial charge >= 0.3 is 0 Å². The maximum Gasteiger partial charge on any atom is 0.127 e. The van der Waals surface area contributed by atoms with Crippen LogP contribution in [0.15, 0.2) is 60.7 Å². The molecule has 2 aliphatic heterocycles. The summed E-state index contributed by atoms with van der Waals surface area (Å²) < 4.78 is 11.7. The summed E-state index contributed by atoms with van der Waals surface area (Å²) >= 11 is 0. The summed E-state index contributed by atoms with van der Waals surface area (Å²) in [7, 11) is 0. The quantitative estimate of drug-likeness (QED) is 0.580. The predicted molar refractivity (Wildman–Crippen MR) is 140 cm³/mol. The molecule has 0 saturated carbocycles. The molecule has 0 bridgehead atoms. The number of ether oxygens (including phenoxy) is 2. The lowest BCUT2D eigenvalue weighted by Gasteiger charge is -2.26. The third kappa shape index (κ3) is 4.99. The van der Waals surface area contributed by atoms with Crippen molar-refractivity contribution in [2.24, 2.45) is 0 Å². The van der Waals surface area contributed by atoms with Gasteiger partial charge in [-0.3, -0.25) is 9.91 Å². The Morgan fingerprint density at radius 2 is 1.74 bits per heavy atom. The van der Waals surface area contributed by atoms with Gasteiger partial charge in [0.15, 0.2) is 0 Å². The van der Waals surface area contributed by atoms with E-state index in [1.54, 1.807) is 0 Å². The maximum absolute atomic E-state index is 6.24. The van der Waals surface area contributed by atoms with Crippen LogP contribution in [0.2, 0.25) is 0 Å². The van der Waals surface area contributed by atoms with Crippen LogP contribution in [0.25, 0.3) is 10.8 Å². The lowest BCUT2D eigenvalue weighted by atomic mass is 9.87. The Morgan fingerprint density at radius 1 is 0.941 bits per heavy atom. The van der Waals surface area contributed by atoms with Crippen molar-refractivity contribution >= 4 is 22.1 Å². The van der Waals surface area contributed by atoms with Crippen molar-refractivity contribution in [1.29, 1.82) is 0 Å². The topological polar surface area (TPSA) is 40.2 Å². The number of benzene rings is 3. The van der Waals surface area contributed by atoms with E-state index in [1.165, 1.54) is 22.3 Å². The fraction of sp³-hybridized carbons (Fsp3) is 0.429. The van der Waals surface area contributed by atoms with Crippen LogP contribution in [0.4, 0.5) is 11.4 Å². The molecule has 0 aromatic heterocycles. The van der Waals surface area contributed by atoms with Gasteiger partial charge in [0, 0.05) is 36.1 Å². The average Bonchev–Trinajstić information content (AvgIpc) is 3.34. The van der Waals surface area contributed by atoms with Gasteiger partial charge < -0.3 is 14.4 Å². The number of hydrogen-bond donors (Lipinski definition) is 1. The monoisotopic (exact) mass is 460 g/mol. The van der Waals surface area contributed by atoms with Gasteiger partial charge in [0.25, 0.3) is 0 Å². The fourth-order valence-corrected chi connectivity index (χ4v) is 4.67. The molecule has 0 radical (unpaired) electrons. The summed E-state index contributed by atoms with van der Waals surface area (Å²) in [6, 6.07) is 21.7. The molecule has 1 N–H and O–H groups in total. The lowest BCUT2D eigenvalue weighted by molar-refractivity contribution is 0.0323. The molecule has 6 nitrogen and oxygen atoms in total. The van der Waals surface area contributed by atoms with Crippen LogP contribution in [0.1, 0.15) is 26.3 Å². The van der Waals surface area contributed by atoms with Gasteiger partial charge in [-0.05, 0) is 35.2 Å². The van der Waals surface area contributed by atoms with Crippen molar-refractivity contribution in [2.45, 2.75) is 26.2 Å². The number of nitrogens with zero attached hydrogens (tertiary/aromatic N) is 3. The first-order valence-electron chi connectivity index (χ1n) is 12.3. The minimum atomic E-state index is 0.136. The molecule has 2 saturated heterocycles. The smallest absolute Gasteiger partial charge is 0.127 e. The Labute approximate surface area is 203 Å².